The minimum absolute atomic E-state index is 0.0500. The molecule has 0 aliphatic heterocycles. The topological polar surface area (TPSA) is 46.2 Å². The van der Waals surface area contributed by atoms with Gasteiger partial charge in [-0.25, -0.2) is 13.1 Å². The van der Waals surface area contributed by atoms with Gasteiger partial charge in [-0.15, -0.1) is 11.3 Å². The van der Waals surface area contributed by atoms with Crippen molar-refractivity contribution in [3.63, 3.8) is 0 Å². The molecule has 1 unspecified atom stereocenters. The minimum Gasteiger partial charge on any atom is -0.212 e. The van der Waals surface area contributed by atoms with E-state index in [4.69, 9.17) is 0 Å². The molecular formula is C9H14BrNO2S2. The summed E-state index contributed by atoms with van der Waals surface area (Å²) >= 11 is 4.55. The molecule has 1 heterocycles. The molecule has 0 amide bonds. The molecule has 0 saturated heterocycles. The first-order valence-corrected chi connectivity index (χ1v) is 8.33. The van der Waals surface area contributed by atoms with Gasteiger partial charge in [0.25, 0.3) is 0 Å². The second-order valence-corrected chi connectivity index (χ2v) is 7.23. The zero-order valence-electron chi connectivity index (χ0n) is 8.44. The van der Waals surface area contributed by atoms with E-state index in [1.54, 1.807) is 11.3 Å². The molecule has 0 spiro atoms. The number of thiophene rings is 1. The highest BCUT2D eigenvalue weighted by atomic mass is 79.9. The number of halogens is 1. The fourth-order valence-corrected chi connectivity index (χ4v) is 3.31. The van der Waals surface area contributed by atoms with Crippen LogP contribution in [0.4, 0.5) is 0 Å². The normalized spacial score (nSPS) is 14.0. The standard InChI is InChI=1S/C9H14BrNO2S2/c1-2-4-8(9-5-3-6-14-9)11-15(12,13)7-10/h3,5-6,8,11H,2,4,7H2,1H3. The smallest absolute Gasteiger partial charge is 0.212 e. The maximum atomic E-state index is 11.4. The van der Waals surface area contributed by atoms with Gasteiger partial charge in [0.05, 0.1) is 6.04 Å². The SMILES string of the molecule is CCCC(NS(=O)(=O)CBr)c1cccs1. The van der Waals surface area contributed by atoms with Gasteiger partial charge in [-0.05, 0) is 17.9 Å². The van der Waals surface area contributed by atoms with E-state index < -0.39 is 10.0 Å². The van der Waals surface area contributed by atoms with Crippen LogP contribution in [0, 0.1) is 0 Å². The Morgan fingerprint density at radius 2 is 2.33 bits per heavy atom. The van der Waals surface area contributed by atoms with Crippen LogP contribution in [0.5, 0.6) is 0 Å². The van der Waals surface area contributed by atoms with Crippen LogP contribution in [0.2, 0.25) is 0 Å². The van der Waals surface area contributed by atoms with Crippen molar-refractivity contribution in [1.82, 2.24) is 4.72 Å². The first-order valence-electron chi connectivity index (χ1n) is 4.68. The lowest BCUT2D eigenvalue weighted by atomic mass is 10.1. The first kappa shape index (κ1) is 13.2. The number of alkyl halides is 1. The minimum atomic E-state index is -3.19. The zero-order valence-corrected chi connectivity index (χ0v) is 11.7. The summed E-state index contributed by atoms with van der Waals surface area (Å²) in [5, 5.41) is 1.96. The lowest BCUT2D eigenvalue weighted by molar-refractivity contribution is 0.544. The highest BCUT2D eigenvalue weighted by Crippen LogP contribution is 2.24. The lowest BCUT2D eigenvalue weighted by Gasteiger charge is -2.15. The summed E-state index contributed by atoms with van der Waals surface area (Å²) in [5.41, 5.74) is 0. The van der Waals surface area contributed by atoms with Crippen molar-refractivity contribution in [1.29, 1.82) is 0 Å². The number of hydrogen-bond donors (Lipinski definition) is 1. The van der Waals surface area contributed by atoms with E-state index in [2.05, 4.69) is 20.7 Å². The number of nitrogens with one attached hydrogen (secondary N) is 1. The molecule has 0 aliphatic rings. The highest BCUT2D eigenvalue weighted by molar-refractivity contribution is 9.10. The van der Waals surface area contributed by atoms with Crippen LogP contribution in [0.3, 0.4) is 0 Å². The fraction of sp³-hybridized carbons (Fsp3) is 0.556. The van der Waals surface area contributed by atoms with Crippen molar-refractivity contribution in [3.05, 3.63) is 22.4 Å². The summed E-state index contributed by atoms with van der Waals surface area (Å²) in [6, 6.07) is 3.81. The van der Waals surface area contributed by atoms with Gasteiger partial charge in [-0.2, -0.15) is 0 Å². The largest absolute Gasteiger partial charge is 0.222 e. The van der Waals surface area contributed by atoms with Gasteiger partial charge in [0.15, 0.2) is 0 Å². The molecule has 0 saturated carbocycles. The van der Waals surface area contributed by atoms with Crippen LogP contribution in [-0.4, -0.2) is 13.1 Å². The number of rotatable bonds is 6. The second kappa shape index (κ2) is 5.98. The third-order valence-electron chi connectivity index (χ3n) is 1.93. The van der Waals surface area contributed by atoms with E-state index >= 15 is 0 Å². The predicted molar refractivity (Wildman–Crippen MR) is 67.8 cm³/mol. The molecule has 0 bridgehead atoms. The lowest BCUT2D eigenvalue weighted by Crippen LogP contribution is -2.28. The highest BCUT2D eigenvalue weighted by Gasteiger charge is 2.18. The Labute approximate surface area is 103 Å². The molecule has 6 heteroatoms. The predicted octanol–water partition coefficient (Wildman–Crippen LogP) is 2.86. The fourth-order valence-electron chi connectivity index (χ4n) is 1.29. The summed E-state index contributed by atoms with van der Waals surface area (Å²) in [6.45, 7) is 2.04. The Morgan fingerprint density at radius 3 is 2.80 bits per heavy atom. The van der Waals surface area contributed by atoms with Crippen LogP contribution >= 0.6 is 27.3 Å². The molecule has 0 fully saturated rings. The van der Waals surface area contributed by atoms with Crippen LogP contribution in [0.25, 0.3) is 0 Å². The number of hydrogen-bond acceptors (Lipinski definition) is 3. The second-order valence-electron chi connectivity index (χ2n) is 3.20. The molecular weight excluding hydrogens is 298 g/mol. The molecule has 0 aromatic carbocycles. The van der Waals surface area contributed by atoms with E-state index in [0.29, 0.717) is 0 Å². The molecule has 1 rings (SSSR count). The average Bonchev–Trinajstić information content (AvgIpc) is 2.70. The third kappa shape index (κ3) is 4.22. The molecule has 3 nitrogen and oxygen atoms in total. The molecule has 86 valence electrons. The Hall–Kier alpha value is 0.0900. The van der Waals surface area contributed by atoms with Crippen molar-refractivity contribution in [2.75, 3.05) is 4.66 Å². The van der Waals surface area contributed by atoms with E-state index in [1.165, 1.54) is 0 Å². The van der Waals surface area contributed by atoms with E-state index in [1.807, 2.05) is 24.4 Å². The van der Waals surface area contributed by atoms with Gasteiger partial charge in [-0.3, -0.25) is 0 Å². The summed E-state index contributed by atoms with van der Waals surface area (Å²) < 4.78 is 25.5. The number of sulfonamides is 1. The molecule has 15 heavy (non-hydrogen) atoms. The van der Waals surface area contributed by atoms with Gasteiger partial charge in [0.1, 0.15) is 4.66 Å². The summed E-state index contributed by atoms with van der Waals surface area (Å²) in [6.07, 6.45) is 1.78. The van der Waals surface area contributed by atoms with Gasteiger partial charge in [0.2, 0.25) is 10.0 Å². The third-order valence-corrected chi connectivity index (χ3v) is 5.65. The van der Waals surface area contributed by atoms with Crippen molar-refractivity contribution >= 4 is 37.3 Å². The van der Waals surface area contributed by atoms with E-state index in [-0.39, 0.29) is 10.7 Å². The summed E-state index contributed by atoms with van der Waals surface area (Å²) in [7, 11) is -3.19. The monoisotopic (exact) mass is 311 g/mol. The summed E-state index contributed by atoms with van der Waals surface area (Å²) in [5.74, 6) is 0. The van der Waals surface area contributed by atoms with Gasteiger partial charge < -0.3 is 0 Å². The molecule has 1 N–H and O–H groups in total. The Balaban J connectivity index is 2.76. The van der Waals surface area contributed by atoms with Crippen molar-refractivity contribution in [2.24, 2.45) is 0 Å². The molecule has 1 aromatic heterocycles. The van der Waals surface area contributed by atoms with Gasteiger partial charge >= 0.3 is 0 Å². The maximum absolute atomic E-state index is 11.4. The maximum Gasteiger partial charge on any atom is 0.222 e. The van der Waals surface area contributed by atoms with Crippen molar-refractivity contribution in [2.45, 2.75) is 25.8 Å². The Morgan fingerprint density at radius 1 is 1.60 bits per heavy atom. The molecule has 0 radical (unpaired) electrons. The van der Waals surface area contributed by atoms with Gasteiger partial charge in [0, 0.05) is 4.88 Å². The Bertz CT molecular complexity index is 375. The quantitative estimate of drug-likeness (QED) is 0.821. The van der Waals surface area contributed by atoms with Crippen LogP contribution < -0.4 is 4.72 Å². The van der Waals surface area contributed by atoms with Crippen molar-refractivity contribution < 1.29 is 8.42 Å². The summed E-state index contributed by atoms with van der Waals surface area (Å²) in [4.78, 5) is 1.07. The van der Waals surface area contributed by atoms with Crippen molar-refractivity contribution in [3.8, 4) is 0 Å². The van der Waals surface area contributed by atoms with Crippen LogP contribution in [0.15, 0.2) is 17.5 Å². The van der Waals surface area contributed by atoms with Crippen LogP contribution in [-0.2, 0) is 10.0 Å². The molecule has 1 atom stereocenters. The zero-order chi connectivity index (χ0) is 11.3. The average molecular weight is 312 g/mol. The van der Waals surface area contributed by atoms with Gasteiger partial charge in [-0.1, -0.05) is 35.3 Å². The van der Waals surface area contributed by atoms with Crippen LogP contribution in [0.1, 0.15) is 30.7 Å². The van der Waals surface area contributed by atoms with E-state index in [9.17, 15) is 8.42 Å². The van der Waals surface area contributed by atoms with E-state index in [0.717, 1.165) is 17.7 Å². The first-order chi connectivity index (χ1) is 7.09. The Kier molecular flexibility index (Phi) is 5.25. The molecule has 1 aromatic rings. The molecule has 0 aliphatic carbocycles.